The second kappa shape index (κ2) is 4.24. The molecule has 1 heterocycles. The van der Waals surface area contributed by atoms with E-state index in [0.717, 1.165) is 23.2 Å². The molecule has 0 fully saturated rings. The molecule has 0 bridgehead atoms. The Labute approximate surface area is 101 Å². The van der Waals surface area contributed by atoms with Crippen LogP contribution in [0.25, 0.3) is 10.9 Å². The third-order valence-corrected chi connectivity index (χ3v) is 3.37. The number of aromatic nitrogens is 1. The topological polar surface area (TPSA) is 34.0 Å². The van der Waals surface area contributed by atoms with Gasteiger partial charge in [0.1, 0.15) is 5.69 Å². The van der Waals surface area contributed by atoms with E-state index in [4.69, 9.17) is 0 Å². The smallest absolute Gasteiger partial charge is 0.267 e. The Morgan fingerprint density at radius 1 is 1.41 bits per heavy atom. The van der Waals surface area contributed by atoms with Crippen molar-refractivity contribution in [3.05, 3.63) is 35.0 Å². The van der Waals surface area contributed by atoms with Crippen molar-refractivity contribution in [2.45, 2.75) is 20.3 Å². The van der Waals surface area contributed by atoms with Gasteiger partial charge in [-0.2, -0.15) is 0 Å². The van der Waals surface area contributed by atoms with Crippen LogP contribution in [-0.4, -0.2) is 17.5 Å². The van der Waals surface area contributed by atoms with Gasteiger partial charge in [0.2, 0.25) is 0 Å². The number of carbonyl (C=O) groups is 1. The molecule has 1 N–H and O–H groups in total. The van der Waals surface area contributed by atoms with E-state index in [9.17, 15) is 4.79 Å². The zero-order chi connectivity index (χ0) is 12.6. The van der Waals surface area contributed by atoms with Crippen LogP contribution in [0.4, 0.5) is 0 Å². The number of nitrogens with one attached hydrogen (secondary N) is 1. The van der Waals surface area contributed by atoms with Crippen LogP contribution in [0.2, 0.25) is 0 Å². The number of carbonyl (C=O) groups excluding carboxylic acids is 1. The number of rotatable bonds is 2. The number of fused-ring (bicyclic) bond motifs is 1. The molecule has 0 aliphatic heterocycles. The van der Waals surface area contributed by atoms with Crippen LogP contribution in [-0.2, 0) is 13.5 Å². The number of amides is 1. The van der Waals surface area contributed by atoms with Gasteiger partial charge in [-0.15, -0.1) is 0 Å². The SMILES string of the molecule is CCc1ccc2c(c1)c(C)c(C(=O)NC)n2C. The molecule has 0 atom stereocenters. The molecule has 1 aromatic carbocycles. The second-order valence-corrected chi connectivity index (χ2v) is 4.32. The number of nitrogens with zero attached hydrogens (tertiary/aromatic N) is 1. The van der Waals surface area contributed by atoms with Gasteiger partial charge in [0.15, 0.2) is 0 Å². The van der Waals surface area contributed by atoms with Crippen molar-refractivity contribution in [2.75, 3.05) is 7.05 Å². The standard InChI is InChI=1S/C14H18N2O/c1-5-10-6-7-12-11(8-10)9(2)13(16(12)4)14(17)15-3/h6-8H,5H2,1-4H3,(H,15,17). The molecule has 0 spiro atoms. The fourth-order valence-corrected chi connectivity index (χ4v) is 2.34. The molecule has 1 amide bonds. The average molecular weight is 230 g/mol. The lowest BCUT2D eigenvalue weighted by Gasteiger charge is -2.03. The van der Waals surface area contributed by atoms with E-state index in [-0.39, 0.29) is 5.91 Å². The maximum Gasteiger partial charge on any atom is 0.267 e. The second-order valence-electron chi connectivity index (χ2n) is 4.32. The summed E-state index contributed by atoms with van der Waals surface area (Å²) >= 11 is 0. The highest BCUT2D eigenvalue weighted by Crippen LogP contribution is 2.25. The molecule has 90 valence electrons. The molecule has 0 saturated carbocycles. The summed E-state index contributed by atoms with van der Waals surface area (Å²) in [5, 5.41) is 3.86. The summed E-state index contributed by atoms with van der Waals surface area (Å²) in [6.07, 6.45) is 1.01. The molecule has 0 aliphatic carbocycles. The van der Waals surface area contributed by atoms with E-state index in [1.807, 2.05) is 18.5 Å². The lowest BCUT2D eigenvalue weighted by molar-refractivity contribution is 0.0955. The van der Waals surface area contributed by atoms with E-state index in [1.165, 1.54) is 10.9 Å². The fourth-order valence-electron chi connectivity index (χ4n) is 2.34. The minimum atomic E-state index is -0.0285. The van der Waals surface area contributed by atoms with E-state index in [0.29, 0.717) is 0 Å². The Bertz CT molecular complexity index is 581. The third kappa shape index (κ3) is 1.71. The third-order valence-electron chi connectivity index (χ3n) is 3.37. The molecular formula is C14H18N2O. The maximum atomic E-state index is 11.8. The minimum absolute atomic E-state index is 0.0285. The molecule has 17 heavy (non-hydrogen) atoms. The Kier molecular flexibility index (Phi) is 2.92. The number of aryl methyl sites for hydroxylation is 3. The number of hydrogen-bond acceptors (Lipinski definition) is 1. The molecule has 0 saturated heterocycles. The summed E-state index contributed by atoms with van der Waals surface area (Å²) in [5.74, 6) is -0.0285. The van der Waals surface area contributed by atoms with Crippen LogP contribution in [0.1, 0.15) is 28.5 Å². The van der Waals surface area contributed by atoms with E-state index >= 15 is 0 Å². The molecule has 0 radical (unpaired) electrons. The number of benzene rings is 1. The first-order chi connectivity index (χ1) is 8.10. The van der Waals surface area contributed by atoms with Crippen molar-refractivity contribution in [1.29, 1.82) is 0 Å². The predicted molar refractivity (Wildman–Crippen MR) is 70.4 cm³/mol. The highest BCUT2D eigenvalue weighted by atomic mass is 16.1. The first-order valence-corrected chi connectivity index (χ1v) is 5.90. The van der Waals surface area contributed by atoms with Crippen LogP contribution in [0.5, 0.6) is 0 Å². The zero-order valence-electron chi connectivity index (χ0n) is 10.8. The Hall–Kier alpha value is -1.77. The van der Waals surface area contributed by atoms with Crippen LogP contribution < -0.4 is 5.32 Å². The van der Waals surface area contributed by atoms with Gasteiger partial charge in [-0.25, -0.2) is 0 Å². The van der Waals surface area contributed by atoms with Crippen molar-refractivity contribution < 1.29 is 4.79 Å². The molecular weight excluding hydrogens is 212 g/mol. The van der Waals surface area contributed by atoms with Crippen molar-refractivity contribution in [1.82, 2.24) is 9.88 Å². The van der Waals surface area contributed by atoms with Gasteiger partial charge < -0.3 is 9.88 Å². The van der Waals surface area contributed by atoms with Gasteiger partial charge in [0.05, 0.1) is 0 Å². The summed E-state index contributed by atoms with van der Waals surface area (Å²) < 4.78 is 1.96. The summed E-state index contributed by atoms with van der Waals surface area (Å²) in [4.78, 5) is 11.8. The molecule has 3 nitrogen and oxygen atoms in total. The van der Waals surface area contributed by atoms with Crippen molar-refractivity contribution in [3.63, 3.8) is 0 Å². The summed E-state index contributed by atoms with van der Waals surface area (Å²) in [7, 11) is 3.60. The van der Waals surface area contributed by atoms with Gasteiger partial charge in [-0.1, -0.05) is 13.0 Å². The van der Waals surface area contributed by atoms with E-state index in [1.54, 1.807) is 7.05 Å². The molecule has 1 aromatic heterocycles. The highest BCUT2D eigenvalue weighted by molar-refractivity contribution is 6.01. The maximum absolute atomic E-state index is 11.8. The minimum Gasteiger partial charge on any atom is -0.354 e. The lowest BCUT2D eigenvalue weighted by atomic mass is 10.1. The first-order valence-electron chi connectivity index (χ1n) is 5.90. The molecule has 3 heteroatoms. The number of hydrogen-bond donors (Lipinski definition) is 1. The van der Waals surface area contributed by atoms with Crippen molar-refractivity contribution in [3.8, 4) is 0 Å². The van der Waals surface area contributed by atoms with Crippen molar-refractivity contribution in [2.24, 2.45) is 7.05 Å². The van der Waals surface area contributed by atoms with Gasteiger partial charge in [0, 0.05) is 25.0 Å². The largest absolute Gasteiger partial charge is 0.354 e. The normalized spacial score (nSPS) is 10.8. The zero-order valence-corrected chi connectivity index (χ0v) is 10.8. The van der Waals surface area contributed by atoms with Gasteiger partial charge in [-0.3, -0.25) is 4.79 Å². The quantitative estimate of drug-likeness (QED) is 0.844. The molecule has 0 aliphatic rings. The van der Waals surface area contributed by atoms with Crippen LogP contribution >= 0.6 is 0 Å². The van der Waals surface area contributed by atoms with E-state index < -0.39 is 0 Å². The molecule has 0 unspecified atom stereocenters. The predicted octanol–water partition coefficient (Wildman–Crippen LogP) is 2.41. The monoisotopic (exact) mass is 230 g/mol. The van der Waals surface area contributed by atoms with Crippen LogP contribution in [0, 0.1) is 6.92 Å². The van der Waals surface area contributed by atoms with Crippen molar-refractivity contribution >= 4 is 16.8 Å². The Morgan fingerprint density at radius 3 is 2.71 bits per heavy atom. The fraction of sp³-hybridized carbons (Fsp3) is 0.357. The highest BCUT2D eigenvalue weighted by Gasteiger charge is 2.16. The van der Waals surface area contributed by atoms with Gasteiger partial charge >= 0.3 is 0 Å². The Balaban J connectivity index is 2.75. The van der Waals surface area contributed by atoms with Gasteiger partial charge in [-0.05, 0) is 36.6 Å². The van der Waals surface area contributed by atoms with Crippen LogP contribution in [0.3, 0.4) is 0 Å². The Morgan fingerprint density at radius 2 is 2.12 bits per heavy atom. The summed E-state index contributed by atoms with van der Waals surface area (Å²) in [5.41, 5.74) is 4.21. The lowest BCUT2D eigenvalue weighted by Crippen LogP contribution is -2.21. The summed E-state index contributed by atoms with van der Waals surface area (Å²) in [6, 6.07) is 6.39. The average Bonchev–Trinajstić information content (AvgIpc) is 2.60. The molecule has 2 aromatic rings. The summed E-state index contributed by atoms with van der Waals surface area (Å²) in [6.45, 7) is 4.14. The van der Waals surface area contributed by atoms with Gasteiger partial charge in [0.25, 0.3) is 5.91 Å². The first kappa shape index (κ1) is 11.7. The van der Waals surface area contributed by atoms with Crippen LogP contribution in [0.15, 0.2) is 18.2 Å². The van der Waals surface area contributed by atoms with E-state index in [2.05, 4.69) is 30.4 Å². The molecule has 2 rings (SSSR count).